The van der Waals surface area contributed by atoms with E-state index < -0.39 is 0 Å². The number of nitrogens with zero attached hydrogens (tertiary/aromatic N) is 1. The third kappa shape index (κ3) is 2.48. The first-order valence-electron chi connectivity index (χ1n) is 6.25. The summed E-state index contributed by atoms with van der Waals surface area (Å²) in [6, 6.07) is 0. The molecule has 0 bridgehead atoms. The van der Waals surface area contributed by atoms with Crippen LogP contribution < -0.4 is 5.32 Å². The van der Waals surface area contributed by atoms with Crippen molar-refractivity contribution < 1.29 is 0 Å². The van der Waals surface area contributed by atoms with Crippen LogP contribution in [0.15, 0.2) is 0 Å². The van der Waals surface area contributed by atoms with Gasteiger partial charge < -0.3 is 5.32 Å². The molecule has 1 spiro atoms. The average molecular weight is 198 g/mol. The van der Waals surface area contributed by atoms with Crippen LogP contribution in [0.2, 0.25) is 0 Å². The third-order valence-corrected chi connectivity index (χ3v) is 3.65. The van der Waals surface area contributed by atoms with Crippen molar-refractivity contribution in [1.82, 2.24) is 10.2 Å². The van der Waals surface area contributed by atoms with Crippen molar-refractivity contribution >= 4 is 0 Å². The second-order valence-electron chi connectivity index (χ2n) is 4.38. The first-order chi connectivity index (χ1) is 6.83. The minimum Gasteiger partial charge on any atom is -0.315 e. The van der Waals surface area contributed by atoms with E-state index in [0.717, 1.165) is 0 Å². The monoisotopic (exact) mass is 198 g/mol. The van der Waals surface area contributed by atoms with Gasteiger partial charge in [0.2, 0.25) is 0 Å². The summed E-state index contributed by atoms with van der Waals surface area (Å²) in [5, 5.41) is 3.53. The molecule has 14 heavy (non-hydrogen) atoms. The molecule has 2 aliphatic heterocycles. The van der Waals surface area contributed by atoms with E-state index in [1.807, 2.05) is 13.8 Å². The Morgan fingerprint density at radius 3 is 2.36 bits per heavy atom. The smallest absolute Gasteiger partial charge is 0.0331 e. The van der Waals surface area contributed by atoms with E-state index in [9.17, 15) is 0 Å². The summed E-state index contributed by atoms with van der Waals surface area (Å²) in [6.45, 7) is 7.76. The second-order valence-corrected chi connectivity index (χ2v) is 4.38. The molecule has 0 radical (unpaired) electrons. The van der Waals surface area contributed by atoms with Crippen LogP contribution in [-0.4, -0.2) is 37.1 Å². The Balaban J connectivity index is 0.000000461. The second kappa shape index (κ2) is 5.72. The van der Waals surface area contributed by atoms with Crippen LogP contribution in [-0.2, 0) is 0 Å². The summed E-state index contributed by atoms with van der Waals surface area (Å²) in [6.07, 6.45) is 7.03. The quantitative estimate of drug-likeness (QED) is 0.642. The van der Waals surface area contributed by atoms with E-state index in [1.54, 1.807) is 0 Å². The molecule has 2 aliphatic rings. The highest BCUT2D eigenvalue weighted by molar-refractivity contribution is 4.96. The molecule has 1 atom stereocenters. The van der Waals surface area contributed by atoms with Gasteiger partial charge in [-0.3, -0.25) is 4.90 Å². The number of nitrogens with one attached hydrogen (secondary N) is 1. The molecule has 2 fully saturated rings. The fourth-order valence-electron chi connectivity index (χ4n) is 2.72. The lowest BCUT2D eigenvalue weighted by Crippen LogP contribution is -2.58. The zero-order chi connectivity index (χ0) is 10.4. The molecule has 2 heterocycles. The number of likely N-dealkylation sites (tertiary alicyclic amines) is 1. The van der Waals surface area contributed by atoms with Crippen LogP contribution >= 0.6 is 0 Å². The molecule has 0 aromatic carbocycles. The fraction of sp³-hybridized carbons (Fsp3) is 1.00. The number of hydrogen-bond donors (Lipinski definition) is 1. The van der Waals surface area contributed by atoms with Gasteiger partial charge in [0.05, 0.1) is 0 Å². The van der Waals surface area contributed by atoms with Crippen molar-refractivity contribution in [3.63, 3.8) is 0 Å². The predicted molar refractivity (Wildman–Crippen MR) is 62.7 cm³/mol. The molecular formula is C12H26N2. The third-order valence-electron chi connectivity index (χ3n) is 3.65. The first-order valence-corrected chi connectivity index (χ1v) is 6.25. The summed E-state index contributed by atoms with van der Waals surface area (Å²) < 4.78 is 0. The summed E-state index contributed by atoms with van der Waals surface area (Å²) in [4.78, 5) is 2.59. The van der Waals surface area contributed by atoms with Gasteiger partial charge in [-0.2, -0.15) is 0 Å². The molecular weight excluding hydrogens is 172 g/mol. The number of likely N-dealkylation sites (N-methyl/N-ethyl adjacent to an activating group) is 1. The Morgan fingerprint density at radius 2 is 1.79 bits per heavy atom. The van der Waals surface area contributed by atoms with Crippen molar-refractivity contribution in [2.45, 2.75) is 51.5 Å². The average Bonchev–Trinajstić information content (AvgIpc) is 2.27. The molecule has 0 amide bonds. The first kappa shape index (κ1) is 12.0. The van der Waals surface area contributed by atoms with Crippen molar-refractivity contribution in [2.75, 3.05) is 26.7 Å². The van der Waals surface area contributed by atoms with Gasteiger partial charge >= 0.3 is 0 Å². The minimum atomic E-state index is 0.538. The lowest BCUT2D eigenvalue weighted by Gasteiger charge is -2.48. The number of hydrogen-bond acceptors (Lipinski definition) is 2. The Morgan fingerprint density at radius 1 is 1.07 bits per heavy atom. The molecule has 2 nitrogen and oxygen atoms in total. The van der Waals surface area contributed by atoms with Crippen LogP contribution in [0.4, 0.5) is 0 Å². The highest BCUT2D eigenvalue weighted by Gasteiger charge is 2.37. The van der Waals surface area contributed by atoms with Crippen LogP contribution in [0.1, 0.15) is 46.0 Å². The highest BCUT2D eigenvalue weighted by atomic mass is 15.2. The van der Waals surface area contributed by atoms with Gasteiger partial charge in [0.15, 0.2) is 0 Å². The lowest BCUT2D eigenvalue weighted by atomic mass is 9.81. The maximum absolute atomic E-state index is 3.53. The van der Waals surface area contributed by atoms with E-state index in [0.29, 0.717) is 5.54 Å². The molecule has 0 aromatic rings. The van der Waals surface area contributed by atoms with Crippen LogP contribution in [0.25, 0.3) is 0 Å². The molecule has 0 aliphatic carbocycles. The number of piperidine rings is 2. The van der Waals surface area contributed by atoms with E-state index in [-0.39, 0.29) is 0 Å². The molecule has 84 valence electrons. The van der Waals surface area contributed by atoms with Crippen molar-refractivity contribution in [2.24, 2.45) is 0 Å². The molecule has 1 unspecified atom stereocenters. The predicted octanol–water partition coefficient (Wildman–Crippen LogP) is 2.25. The van der Waals surface area contributed by atoms with Crippen molar-refractivity contribution in [3.05, 3.63) is 0 Å². The van der Waals surface area contributed by atoms with Gasteiger partial charge in [0.1, 0.15) is 0 Å². The molecule has 1 N–H and O–H groups in total. The zero-order valence-electron chi connectivity index (χ0n) is 10.1. The minimum absolute atomic E-state index is 0.538. The zero-order valence-corrected chi connectivity index (χ0v) is 10.1. The van der Waals surface area contributed by atoms with Crippen molar-refractivity contribution in [3.8, 4) is 0 Å². The molecule has 2 saturated heterocycles. The summed E-state index contributed by atoms with van der Waals surface area (Å²) in [5.74, 6) is 0. The SMILES string of the molecule is CC.CN1CCCCC12CCCNC2. The molecule has 0 saturated carbocycles. The van der Waals surface area contributed by atoms with E-state index in [1.165, 1.54) is 51.7 Å². The molecule has 2 rings (SSSR count). The normalized spacial score (nSPS) is 33.6. The van der Waals surface area contributed by atoms with Crippen LogP contribution in [0.3, 0.4) is 0 Å². The van der Waals surface area contributed by atoms with E-state index in [2.05, 4.69) is 17.3 Å². The Bertz CT molecular complexity index is 142. The molecule has 0 aromatic heterocycles. The Hall–Kier alpha value is -0.0800. The van der Waals surface area contributed by atoms with Crippen LogP contribution in [0.5, 0.6) is 0 Å². The van der Waals surface area contributed by atoms with Gasteiger partial charge in [-0.05, 0) is 45.8 Å². The molecule has 2 heteroatoms. The summed E-state index contributed by atoms with van der Waals surface area (Å²) in [5.41, 5.74) is 0.538. The summed E-state index contributed by atoms with van der Waals surface area (Å²) >= 11 is 0. The topological polar surface area (TPSA) is 15.3 Å². The lowest BCUT2D eigenvalue weighted by molar-refractivity contribution is 0.0492. The maximum Gasteiger partial charge on any atom is 0.0331 e. The number of rotatable bonds is 0. The maximum atomic E-state index is 3.53. The van der Waals surface area contributed by atoms with Gasteiger partial charge in [-0.15, -0.1) is 0 Å². The summed E-state index contributed by atoms with van der Waals surface area (Å²) in [7, 11) is 2.30. The largest absolute Gasteiger partial charge is 0.315 e. The Kier molecular flexibility index (Phi) is 4.90. The highest BCUT2D eigenvalue weighted by Crippen LogP contribution is 2.32. The van der Waals surface area contributed by atoms with Gasteiger partial charge in [-0.1, -0.05) is 20.3 Å². The van der Waals surface area contributed by atoms with E-state index in [4.69, 9.17) is 0 Å². The Labute approximate surface area is 89.1 Å². The standard InChI is InChI=1S/C10H20N2.C2H6/c1-12-8-3-2-5-10(12)6-4-7-11-9-10;1-2/h11H,2-9H2,1H3;1-2H3. The van der Waals surface area contributed by atoms with Gasteiger partial charge in [-0.25, -0.2) is 0 Å². The fourth-order valence-corrected chi connectivity index (χ4v) is 2.72. The van der Waals surface area contributed by atoms with E-state index >= 15 is 0 Å². The van der Waals surface area contributed by atoms with Crippen LogP contribution in [0, 0.1) is 0 Å². The van der Waals surface area contributed by atoms with Gasteiger partial charge in [0.25, 0.3) is 0 Å². The van der Waals surface area contributed by atoms with Crippen molar-refractivity contribution in [1.29, 1.82) is 0 Å². The van der Waals surface area contributed by atoms with Gasteiger partial charge in [0, 0.05) is 12.1 Å².